The highest BCUT2D eigenvalue weighted by Crippen LogP contribution is 2.38. The predicted molar refractivity (Wildman–Crippen MR) is 238 cm³/mol. The Morgan fingerprint density at radius 2 is 1.73 bits per heavy atom. The third kappa shape index (κ3) is 12.1. The number of unbranched alkanes of at least 4 members (excludes halogenated alkanes) is 1. The average Bonchev–Trinajstić information content (AvgIpc) is 3.67. The number of aromatic nitrogens is 2. The van der Waals surface area contributed by atoms with Crippen LogP contribution in [-0.2, 0) is 45.2 Å². The van der Waals surface area contributed by atoms with Gasteiger partial charge in [-0.2, -0.15) is 0 Å². The highest BCUT2D eigenvalue weighted by atomic mass is 35.5. The van der Waals surface area contributed by atoms with E-state index in [1.54, 1.807) is 19.3 Å². The maximum Gasteiger partial charge on any atom is 0.243 e. The Kier molecular flexibility index (Phi) is 16.7. The minimum absolute atomic E-state index is 0.0220. The molecule has 3 heterocycles. The van der Waals surface area contributed by atoms with Crippen LogP contribution in [0.2, 0.25) is 5.02 Å². The molecule has 1 aliphatic heterocycles. The Morgan fingerprint density at radius 3 is 2.55 bits per heavy atom. The third-order valence-corrected chi connectivity index (χ3v) is 12.4. The van der Waals surface area contributed by atoms with Gasteiger partial charge in [0, 0.05) is 72.7 Å². The minimum atomic E-state index is -0.899. The molecule has 1 aliphatic rings. The summed E-state index contributed by atoms with van der Waals surface area (Å²) in [5, 5.41) is 8.76. The van der Waals surface area contributed by atoms with Crippen molar-refractivity contribution in [1.82, 2.24) is 25.5 Å². The molecule has 0 unspecified atom stereocenters. The Morgan fingerprint density at radius 1 is 0.933 bits per heavy atom. The summed E-state index contributed by atoms with van der Waals surface area (Å²) in [6.07, 6.45) is 6.87. The number of Topliss-reactive ketones (excluding diaryl/α,β-unsaturated/α-hetero) is 1. The molecule has 6 rings (SSSR count). The van der Waals surface area contributed by atoms with Crippen molar-refractivity contribution in [2.45, 2.75) is 86.6 Å². The van der Waals surface area contributed by atoms with E-state index in [1.165, 1.54) is 16.7 Å². The number of carbonyl (C=O) groups is 3. The van der Waals surface area contributed by atoms with Crippen molar-refractivity contribution < 1.29 is 19.1 Å². The number of fused-ring (bicyclic) bond motifs is 3. The normalized spacial score (nSPS) is 18.0. The van der Waals surface area contributed by atoms with Gasteiger partial charge in [-0.1, -0.05) is 96.2 Å². The molecule has 2 amide bonds. The van der Waals surface area contributed by atoms with E-state index in [0.29, 0.717) is 78.9 Å². The number of nitrogens with two attached hydrogens (primary N) is 2. The second kappa shape index (κ2) is 22.6. The molecule has 2 aromatic heterocycles. The van der Waals surface area contributed by atoms with Crippen molar-refractivity contribution in [3.63, 3.8) is 0 Å². The van der Waals surface area contributed by atoms with Gasteiger partial charge in [-0.25, -0.2) is 4.98 Å². The van der Waals surface area contributed by atoms with Crippen LogP contribution in [0, 0.1) is 17.8 Å². The molecule has 0 spiro atoms. The van der Waals surface area contributed by atoms with Gasteiger partial charge in [0.1, 0.15) is 17.7 Å². The first kappa shape index (κ1) is 44.5. The van der Waals surface area contributed by atoms with Gasteiger partial charge in [0.25, 0.3) is 0 Å². The summed E-state index contributed by atoms with van der Waals surface area (Å²) in [4.78, 5) is 53.7. The number of rotatable bonds is 12. The molecule has 7 N–H and O–H groups in total. The zero-order valence-corrected chi connectivity index (χ0v) is 35.6. The fourth-order valence-electron chi connectivity index (χ4n) is 7.47. The summed E-state index contributed by atoms with van der Waals surface area (Å²) in [5.74, 6) is 4.96. The number of H-pyrrole nitrogens is 1. The van der Waals surface area contributed by atoms with Gasteiger partial charge in [-0.15, -0.1) is 0 Å². The maximum atomic E-state index is 14.6. The second-order valence-corrected chi connectivity index (χ2v) is 16.5. The number of carbonyl (C=O) groups excluding carboxylic acids is 3. The Labute approximate surface area is 361 Å². The molecule has 60 heavy (non-hydrogen) atoms. The number of para-hydroxylation sites is 1. The fourth-order valence-corrected chi connectivity index (χ4v) is 8.82. The van der Waals surface area contributed by atoms with Gasteiger partial charge >= 0.3 is 0 Å². The Hall–Kier alpha value is -5.00. The molecule has 0 fully saturated rings. The number of likely N-dealkylation sites (N-methyl/N-ethyl adjacent to an activating group) is 1. The standard InChI is InChI=1S/C47H54ClN7O4S/c1-55-42(26-36-29-52-40-18-6-5-17-38(36)40)45(57)54-30-37-24-33(14-11-23-59-31-32-12-3-2-4-13-32)25-39(48)44(37)60-46-35(16-10-22-51-46)28-53-41(19-9-21-50)43(56)27-34(47(55)58)15-7-8-20-49/h2-6,10,12-13,16-18,22,24-25,29,34,41-42,52-53H,7-9,15,19-21,23,26-28,30-31,49-50H2,1H3,(H,54,57)/t34-,41+,42+/m1/s1. The highest BCUT2D eigenvalue weighted by Gasteiger charge is 2.34. The number of hydrogen-bond acceptors (Lipinski definition) is 9. The molecule has 5 aromatic rings. The van der Waals surface area contributed by atoms with E-state index >= 15 is 0 Å². The first-order chi connectivity index (χ1) is 29.2. The third-order valence-electron chi connectivity index (χ3n) is 10.8. The van der Waals surface area contributed by atoms with Crippen LogP contribution in [0.4, 0.5) is 0 Å². The van der Waals surface area contributed by atoms with Crippen LogP contribution in [0.3, 0.4) is 0 Å². The van der Waals surface area contributed by atoms with Crippen LogP contribution in [0.1, 0.15) is 66.3 Å². The minimum Gasteiger partial charge on any atom is -0.364 e. The summed E-state index contributed by atoms with van der Waals surface area (Å²) in [6.45, 7) is 2.02. The first-order valence-corrected chi connectivity index (χ1v) is 21.8. The molecule has 314 valence electrons. The molecule has 0 aliphatic carbocycles. The van der Waals surface area contributed by atoms with Gasteiger partial charge in [0.05, 0.1) is 17.7 Å². The van der Waals surface area contributed by atoms with E-state index in [0.717, 1.165) is 33.2 Å². The number of ketones is 1. The van der Waals surface area contributed by atoms with Crippen molar-refractivity contribution >= 4 is 51.9 Å². The van der Waals surface area contributed by atoms with Crippen molar-refractivity contribution in [1.29, 1.82) is 0 Å². The van der Waals surface area contributed by atoms with E-state index in [-0.39, 0.29) is 43.6 Å². The summed E-state index contributed by atoms with van der Waals surface area (Å²) < 4.78 is 5.80. The summed E-state index contributed by atoms with van der Waals surface area (Å²) in [6, 6.07) is 23.9. The smallest absolute Gasteiger partial charge is 0.243 e. The Balaban J connectivity index is 1.38. The SMILES string of the molecule is CN1C(=O)[C@H](CCCCN)CC(=O)[C@H](CCCN)NCc2cccnc2Sc2c(Cl)cc(C#CCOCc3ccccc3)cc2CNC(=O)[C@@H]1Cc1c[nH]c2ccccc12. The summed E-state index contributed by atoms with van der Waals surface area (Å²) in [7, 11) is 1.66. The van der Waals surface area contributed by atoms with E-state index in [9.17, 15) is 14.4 Å². The summed E-state index contributed by atoms with van der Waals surface area (Å²) in [5.41, 5.74) is 16.9. The quantitative estimate of drug-likeness (QED) is 0.0692. The highest BCUT2D eigenvalue weighted by molar-refractivity contribution is 7.99. The monoisotopic (exact) mass is 847 g/mol. The second-order valence-electron chi connectivity index (χ2n) is 15.1. The number of hydrogen-bond donors (Lipinski definition) is 5. The molecule has 11 nitrogen and oxygen atoms in total. The van der Waals surface area contributed by atoms with Gasteiger partial charge < -0.3 is 36.7 Å². The predicted octanol–water partition coefficient (Wildman–Crippen LogP) is 6.54. The molecule has 3 aromatic carbocycles. The number of nitrogens with zero attached hydrogens (tertiary/aromatic N) is 2. The number of nitrogens with one attached hydrogen (secondary N) is 3. The lowest BCUT2D eigenvalue weighted by Crippen LogP contribution is -2.51. The number of halogens is 1. The molecule has 0 saturated carbocycles. The number of benzene rings is 3. The fraction of sp³-hybridized carbons (Fsp3) is 0.362. The van der Waals surface area contributed by atoms with E-state index in [4.69, 9.17) is 32.8 Å². The first-order valence-electron chi connectivity index (χ1n) is 20.6. The maximum absolute atomic E-state index is 14.6. The van der Waals surface area contributed by atoms with E-state index in [2.05, 4.69) is 27.5 Å². The lowest BCUT2D eigenvalue weighted by atomic mass is 9.90. The lowest BCUT2D eigenvalue weighted by molar-refractivity contribution is -0.143. The van der Waals surface area contributed by atoms with Crippen molar-refractivity contribution in [3.05, 3.63) is 124 Å². The van der Waals surface area contributed by atoms with Gasteiger partial charge in [-0.05, 0) is 85.3 Å². The van der Waals surface area contributed by atoms with Gasteiger partial charge in [0.2, 0.25) is 11.8 Å². The molecule has 13 heteroatoms. The largest absolute Gasteiger partial charge is 0.364 e. The molecular formula is C47H54ClN7O4S. The molecule has 0 radical (unpaired) electrons. The molecular weight excluding hydrogens is 794 g/mol. The van der Waals surface area contributed by atoms with Gasteiger partial charge in [0.15, 0.2) is 5.78 Å². The zero-order chi connectivity index (χ0) is 42.3. The van der Waals surface area contributed by atoms with Crippen molar-refractivity contribution in [2.24, 2.45) is 17.4 Å². The van der Waals surface area contributed by atoms with E-state index < -0.39 is 18.0 Å². The lowest BCUT2D eigenvalue weighted by Gasteiger charge is -2.31. The Bertz CT molecular complexity index is 2290. The van der Waals surface area contributed by atoms with Crippen LogP contribution in [-0.4, -0.2) is 71.3 Å². The average molecular weight is 849 g/mol. The van der Waals surface area contributed by atoms with Gasteiger partial charge in [-0.3, -0.25) is 14.4 Å². The number of aromatic amines is 1. The summed E-state index contributed by atoms with van der Waals surface area (Å²) >= 11 is 8.48. The number of ether oxygens (including phenoxy) is 1. The van der Waals surface area contributed by atoms with Crippen LogP contribution in [0.5, 0.6) is 0 Å². The van der Waals surface area contributed by atoms with Crippen molar-refractivity contribution in [3.8, 4) is 11.8 Å². The molecule has 3 atom stereocenters. The van der Waals surface area contributed by atoms with Crippen LogP contribution < -0.4 is 22.1 Å². The van der Waals surface area contributed by atoms with Crippen molar-refractivity contribution in [2.75, 3.05) is 26.7 Å². The number of pyridine rings is 1. The van der Waals surface area contributed by atoms with E-state index in [1.807, 2.05) is 79.0 Å². The van der Waals surface area contributed by atoms with Crippen LogP contribution in [0.15, 0.2) is 101 Å². The molecule has 0 saturated heterocycles. The van der Waals surface area contributed by atoms with Crippen LogP contribution >= 0.6 is 23.4 Å². The zero-order valence-electron chi connectivity index (χ0n) is 34.1. The number of amides is 2. The molecule has 0 bridgehead atoms. The van der Waals surface area contributed by atoms with Crippen LogP contribution in [0.25, 0.3) is 10.9 Å². The topological polar surface area (TPSA) is 168 Å².